The van der Waals surface area contributed by atoms with Gasteiger partial charge in [0, 0.05) is 58.6 Å². The molecule has 0 saturated carbocycles. The largest absolute Gasteiger partial charge is 0.383 e. The van der Waals surface area contributed by atoms with E-state index >= 15 is 0 Å². The van der Waals surface area contributed by atoms with Crippen LogP contribution in [-0.4, -0.2) is 57.4 Å². The molecule has 1 fully saturated rings. The molecule has 2 aromatic rings. The van der Waals surface area contributed by atoms with Gasteiger partial charge < -0.3 is 18.8 Å². The summed E-state index contributed by atoms with van der Waals surface area (Å²) in [5, 5.41) is 0. The Bertz CT molecular complexity index is 576. The van der Waals surface area contributed by atoms with E-state index in [-0.39, 0.29) is 0 Å². The van der Waals surface area contributed by atoms with Crippen molar-refractivity contribution >= 4 is 0 Å². The molecule has 0 amide bonds. The number of hydrogen-bond donors (Lipinski definition) is 0. The van der Waals surface area contributed by atoms with E-state index < -0.39 is 0 Å². The highest BCUT2D eigenvalue weighted by Crippen LogP contribution is 2.21. The van der Waals surface area contributed by atoms with Gasteiger partial charge in [-0.3, -0.25) is 0 Å². The average molecular weight is 289 g/mol. The number of imidazole rings is 2. The molecule has 6 heteroatoms. The molecule has 1 aliphatic rings. The number of nitrogens with zero attached hydrogens (tertiary/aromatic N) is 5. The van der Waals surface area contributed by atoms with Crippen LogP contribution < -0.4 is 0 Å². The first-order chi connectivity index (χ1) is 10.3. The molecule has 0 aromatic carbocycles. The van der Waals surface area contributed by atoms with Gasteiger partial charge in [0.15, 0.2) is 11.6 Å². The van der Waals surface area contributed by atoms with Crippen LogP contribution in [0.15, 0.2) is 24.8 Å². The highest BCUT2D eigenvalue weighted by molar-refractivity contribution is 5.44. The summed E-state index contributed by atoms with van der Waals surface area (Å²) >= 11 is 0. The normalized spacial score (nSPS) is 19.4. The molecule has 1 atom stereocenters. The number of likely N-dealkylation sites (tertiary alicyclic amines) is 1. The van der Waals surface area contributed by atoms with Crippen LogP contribution in [0.1, 0.15) is 6.42 Å². The summed E-state index contributed by atoms with van der Waals surface area (Å²) in [6.45, 7) is 5.16. The number of rotatable bonds is 6. The Morgan fingerprint density at radius 1 is 1.24 bits per heavy atom. The second kappa shape index (κ2) is 6.41. The molecule has 21 heavy (non-hydrogen) atoms. The van der Waals surface area contributed by atoms with E-state index in [1.54, 1.807) is 7.11 Å². The molecule has 3 heterocycles. The highest BCUT2D eigenvalue weighted by Gasteiger charge is 2.23. The molecule has 1 aliphatic heterocycles. The second-order valence-corrected chi connectivity index (χ2v) is 5.71. The zero-order chi connectivity index (χ0) is 14.7. The van der Waals surface area contributed by atoms with E-state index in [1.165, 1.54) is 13.0 Å². The fraction of sp³-hybridized carbons (Fsp3) is 0.600. The molecular weight excluding hydrogens is 266 g/mol. The van der Waals surface area contributed by atoms with Crippen molar-refractivity contribution in [3.05, 3.63) is 24.8 Å². The minimum atomic E-state index is 0.676. The van der Waals surface area contributed by atoms with Crippen LogP contribution >= 0.6 is 0 Å². The molecule has 2 aromatic heterocycles. The van der Waals surface area contributed by atoms with E-state index in [0.29, 0.717) is 5.92 Å². The maximum absolute atomic E-state index is 5.16. The van der Waals surface area contributed by atoms with E-state index in [1.807, 2.05) is 30.2 Å². The first-order valence-corrected chi connectivity index (χ1v) is 7.48. The van der Waals surface area contributed by atoms with Crippen molar-refractivity contribution in [3.63, 3.8) is 0 Å². The Morgan fingerprint density at radius 3 is 2.81 bits per heavy atom. The first-order valence-electron chi connectivity index (χ1n) is 7.48. The minimum Gasteiger partial charge on any atom is -0.383 e. The molecular formula is C15H23N5O. The summed E-state index contributed by atoms with van der Waals surface area (Å²) in [5.74, 6) is 2.56. The van der Waals surface area contributed by atoms with Gasteiger partial charge in [-0.2, -0.15) is 0 Å². The monoisotopic (exact) mass is 289 g/mol. The van der Waals surface area contributed by atoms with E-state index in [9.17, 15) is 0 Å². The van der Waals surface area contributed by atoms with E-state index in [0.717, 1.165) is 37.9 Å². The van der Waals surface area contributed by atoms with Crippen LogP contribution in [0, 0.1) is 5.92 Å². The zero-order valence-corrected chi connectivity index (χ0v) is 12.8. The fourth-order valence-electron chi connectivity index (χ4n) is 3.01. The standard InChI is InChI=1S/C15H23N5O/c1-18-7-4-16-14(18)15-17-5-8-20(15)12-13-3-6-19(11-13)9-10-21-2/h4-5,7-8,13H,3,6,9-12H2,1-2H3. The molecule has 114 valence electrons. The molecule has 0 aliphatic carbocycles. The van der Waals surface area contributed by atoms with Gasteiger partial charge >= 0.3 is 0 Å². The lowest BCUT2D eigenvalue weighted by atomic mass is 10.1. The van der Waals surface area contributed by atoms with Crippen molar-refractivity contribution in [1.82, 2.24) is 24.0 Å². The number of hydrogen-bond acceptors (Lipinski definition) is 4. The van der Waals surface area contributed by atoms with Gasteiger partial charge in [0.05, 0.1) is 6.61 Å². The molecule has 3 rings (SSSR count). The van der Waals surface area contributed by atoms with Gasteiger partial charge in [0.1, 0.15) is 0 Å². The molecule has 1 unspecified atom stereocenters. The number of methoxy groups -OCH3 is 1. The molecule has 0 radical (unpaired) electrons. The Morgan fingerprint density at radius 2 is 2.05 bits per heavy atom. The van der Waals surface area contributed by atoms with Gasteiger partial charge in [-0.25, -0.2) is 9.97 Å². The van der Waals surface area contributed by atoms with Crippen LogP contribution in [0.3, 0.4) is 0 Å². The lowest BCUT2D eigenvalue weighted by molar-refractivity contribution is 0.158. The second-order valence-electron chi connectivity index (χ2n) is 5.71. The van der Waals surface area contributed by atoms with Crippen molar-refractivity contribution in [2.24, 2.45) is 13.0 Å². The average Bonchev–Trinajstić information content (AvgIpc) is 3.18. The minimum absolute atomic E-state index is 0.676. The zero-order valence-electron chi connectivity index (χ0n) is 12.8. The summed E-state index contributed by atoms with van der Waals surface area (Å²) in [6.07, 6.45) is 8.93. The summed E-state index contributed by atoms with van der Waals surface area (Å²) in [7, 11) is 3.77. The van der Waals surface area contributed by atoms with Crippen molar-refractivity contribution in [1.29, 1.82) is 0 Å². The van der Waals surface area contributed by atoms with Crippen molar-refractivity contribution < 1.29 is 4.74 Å². The van der Waals surface area contributed by atoms with Gasteiger partial charge in [0.25, 0.3) is 0 Å². The van der Waals surface area contributed by atoms with Crippen LogP contribution in [0.4, 0.5) is 0 Å². The first kappa shape index (κ1) is 14.3. The number of aromatic nitrogens is 4. The predicted octanol–water partition coefficient (Wildman–Crippen LogP) is 1.25. The summed E-state index contributed by atoms with van der Waals surface area (Å²) < 4.78 is 9.40. The third-order valence-corrected chi connectivity index (χ3v) is 4.17. The third-order valence-electron chi connectivity index (χ3n) is 4.17. The van der Waals surface area contributed by atoms with Gasteiger partial charge in [-0.05, 0) is 18.9 Å². The van der Waals surface area contributed by atoms with Crippen LogP contribution in [-0.2, 0) is 18.3 Å². The third kappa shape index (κ3) is 3.16. The van der Waals surface area contributed by atoms with Crippen molar-refractivity contribution in [3.8, 4) is 11.6 Å². The van der Waals surface area contributed by atoms with Crippen molar-refractivity contribution in [2.45, 2.75) is 13.0 Å². The van der Waals surface area contributed by atoms with Crippen LogP contribution in [0.5, 0.6) is 0 Å². The number of aryl methyl sites for hydroxylation is 1. The van der Waals surface area contributed by atoms with Crippen LogP contribution in [0.25, 0.3) is 11.6 Å². The Kier molecular flexibility index (Phi) is 4.36. The summed E-state index contributed by atoms with van der Waals surface area (Å²) in [6, 6.07) is 0. The Hall–Kier alpha value is -1.66. The topological polar surface area (TPSA) is 48.1 Å². The highest BCUT2D eigenvalue weighted by atomic mass is 16.5. The maximum Gasteiger partial charge on any atom is 0.176 e. The molecule has 1 saturated heterocycles. The summed E-state index contributed by atoms with van der Waals surface area (Å²) in [4.78, 5) is 11.4. The molecule has 0 N–H and O–H groups in total. The maximum atomic E-state index is 5.16. The number of ether oxygens (including phenoxy) is 1. The quantitative estimate of drug-likeness (QED) is 0.803. The van der Waals surface area contributed by atoms with Crippen molar-refractivity contribution in [2.75, 3.05) is 33.4 Å². The van der Waals surface area contributed by atoms with Crippen LogP contribution in [0.2, 0.25) is 0 Å². The van der Waals surface area contributed by atoms with E-state index in [2.05, 4.69) is 25.6 Å². The lowest BCUT2D eigenvalue weighted by Crippen LogP contribution is -2.25. The smallest absolute Gasteiger partial charge is 0.176 e. The fourth-order valence-corrected chi connectivity index (χ4v) is 3.01. The van der Waals surface area contributed by atoms with Gasteiger partial charge in [-0.15, -0.1) is 0 Å². The lowest BCUT2D eigenvalue weighted by Gasteiger charge is -2.16. The molecule has 0 bridgehead atoms. The Balaban J connectivity index is 1.65. The van der Waals surface area contributed by atoms with Gasteiger partial charge in [0.2, 0.25) is 0 Å². The summed E-state index contributed by atoms with van der Waals surface area (Å²) in [5.41, 5.74) is 0. The SMILES string of the molecule is COCCN1CCC(Cn2ccnc2-c2nccn2C)C1. The molecule has 6 nitrogen and oxygen atoms in total. The predicted molar refractivity (Wildman–Crippen MR) is 80.9 cm³/mol. The molecule has 0 spiro atoms. The van der Waals surface area contributed by atoms with E-state index in [4.69, 9.17) is 4.74 Å². The van der Waals surface area contributed by atoms with Gasteiger partial charge in [-0.1, -0.05) is 0 Å². The Labute approximate surface area is 125 Å².